The Hall–Kier alpha value is -0.370. The molecular formula is C13H27NO. The van der Waals surface area contributed by atoms with Crippen LogP contribution >= 0.6 is 0 Å². The molecule has 0 aromatic carbocycles. The molecule has 0 aromatic rings. The number of carbonyl (C=O) groups excluding carboxylic acids is 1. The van der Waals surface area contributed by atoms with Crippen molar-refractivity contribution < 1.29 is 4.79 Å². The first-order valence-electron chi connectivity index (χ1n) is 5.79. The van der Waals surface area contributed by atoms with E-state index < -0.39 is 0 Å². The quantitative estimate of drug-likeness (QED) is 0.715. The zero-order valence-corrected chi connectivity index (χ0v) is 11.5. The highest BCUT2D eigenvalue weighted by Crippen LogP contribution is 2.18. The van der Waals surface area contributed by atoms with Gasteiger partial charge in [0.2, 0.25) is 0 Å². The summed E-state index contributed by atoms with van der Waals surface area (Å²) in [5, 5.41) is 0. The van der Waals surface area contributed by atoms with E-state index >= 15 is 0 Å². The van der Waals surface area contributed by atoms with Crippen molar-refractivity contribution in [3.8, 4) is 0 Å². The van der Waals surface area contributed by atoms with Gasteiger partial charge in [-0.3, -0.25) is 4.79 Å². The Morgan fingerprint density at radius 1 is 1.07 bits per heavy atom. The number of hydrogen-bond acceptors (Lipinski definition) is 2. The predicted octanol–water partition coefficient (Wildman–Crippen LogP) is 3.11. The second-order valence-corrected chi connectivity index (χ2v) is 6.37. The molecule has 0 saturated heterocycles. The fourth-order valence-corrected chi connectivity index (χ4v) is 1.19. The van der Waals surface area contributed by atoms with Crippen LogP contribution in [0.15, 0.2) is 0 Å². The summed E-state index contributed by atoms with van der Waals surface area (Å²) >= 11 is 0. The third-order valence-electron chi connectivity index (χ3n) is 2.88. The summed E-state index contributed by atoms with van der Waals surface area (Å²) in [6.45, 7) is 13.5. The smallest absolute Gasteiger partial charge is 0.138 e. The first kappa shape index (κ1) is 14.6. The molecule has 0 heterocycles. The van der Waals surface area contributed by atoms with Gasteiger partial charge in [-0.05, 0) is 40.8 Å². The highest BCUT2D eigenvalue weighted by atomic mass is 16.1. The molecule has 0 unspecified atom stereocenters. The van der Waals surface area contributed by atoms with E-state index in [1.807, 2.05) is 20.8 Å². The summed E-state index contributed by atoms with van der Waals surface area (Å²) in [5.74, 6) is 0.366. The number of carbonyl (C=O) groups is 1. The van der Waals surface area contributed by atoms with Gasteiger partial charge in [-0.2, -0.15) is 0 Å². The summed E-state index contributed by atoms with van der Waals surface area (Å²) in [5.41, 5.74) is 0.0189. The summed E-state index contributed by atoms with van der Waals surface area (Å²) in [7, 11) is 2.11. The molecule has 0 bridgehead atoms. The molecule has 15 heavy (non-hydrogen) atoms. The SMILES string of the molecule is CN(CCCC(=O)C(C)(C)C)C(C)(C)C. The van der Waals surface area contributed by atoms with Crippen LogP contribution in [0.1, 0.15) is 54.4 Å². The number of ketones is 1. The van der Waals surface area contributed by atoms with Crippen molar-refractivity contribution >= 4 is 5.78 Å². The van der Waals surface area contributed by atoms with Gasteiger partial charge in [0.15, 0.2) is 0 Å². The largest absolute Gasteiger partial charge is 0.302 e. The molecule has 0 N–H and O–H groups in total. The van der Waals surface area contributed by atoms with Crippen LogP contribution < -0.4 is 0 Å². The average molecular weight is 213 g/mol. The minimum Gasteiger partial charge on any atom is -0.302 e. The Morgan fingerprint density at radius 2 is 1.53 bits per heavy atom. The number of Topliss-reactive ketones (excluding diaryl/α,β-unsaturated/α-hetero) is 1. The molecule has 0 fully saturated rings. The van der Waals surface area contributed by atoms with Gasteiger partial charge >= 0.3 is 0 Å². The van der Waals surface area contributed by atoms with Crippen molar-refractivity contribution in [2.45, 2.75) is 59.9 Å². The third-order valence-corrected chi connectivity index (χ3v) is 2.88. The molecule has 0 rings (SSSR count). The van der Waals surface area contributed by atoms with Crippen molar-refractivity contribution in [1.82, 2.24) is 4.90 Å². The second-order valence-electron chi connectivity index (χ2n) is 6.37. The van der Waals surface area contributed by atoms with Gasteiger partial charge in [-0.15, -0.1) is 0 Å². The lowest BCUT2D eigenvalue weighted by Crippen LogP contribution is -2.38. The summed E-state index contributed by atoms with van der Waals surface area (Å²) < 4.78 is 0. The normalized spacial score (nSPS) is 13.3. The van der Waals surface area contributed by atoms with E-state index in [9.17, 15) is 4.79 Å². The zero-order chi connectivity index (χ0) is 12.3. The molecule has 0 radical (unpaired) electrons. The fraction of sp³-hybridized carbons (Fsp3) is 0.923. The van der Waals surface area contributed by atoms with Gasteiger partial charge < -0.3 is 4.90 Å². The van der Waals surface area contributed by atoms with E-state index in [4.69, 9.17) is 0 Å². The lowest BCUT2D eigenvalue weighted by Gasteiger charge is -2.32. The van der Waals surface area contributed by atoms with Gasteiger partial charge in [0, 0.05) is 17.4 Å². The Labute approximate surface area is 95.0 Å². The van der Waals surface area contributed by atoms with Crippen molar-refractivity contribution in [2.75, 3.05) is 13.6 Å². The highest BCUT2D eigenvalue weighted by Gasteiger charge is 2.21. The Bertz CT molecular complexity index is 208. The van der Waals surface area contributed by atoms with Crippen LogP contribution in [0.3, 0.4) is 0 Å². The molecule has 90 valence electrons. The Kier molecular flexibility index (Phi) is 4.98. The molecule has 0 saturated carbocycles. The molecule has 0 amide bonds. The van der Waals surface area contributed by atoms with Crippen molar-refractivity contribution in [3.63, 3.8) is 0 Å². The van der Waals surface area contributed by atoms with Crippen molar-refractivity contribution in [3.05, 3.63) is 0 Å². The zero-order valence-electron chi connectivity index (χ0n) is 11.5. The minimum atomic E-state index is -0.180. The molecule has 0 aliphatic heterocycles. The van der Waals surface area contributed by atoms with Crippen LogP contribution in [0, 0.1) is 5.41 Å². The van der Waals surface area contributed by atoms with Crippen LogP contribution in [-0.2, 0) is 4.79 Å². The molecular weight excluding hydrogens is 186 g/mol. The maximum Gasteiger partial charge on any atom is 0.138 e. The van der Waals surface area contributed by atoms with Gasteiger partial charge in [0.1, 0.15) is 5.78 Å². The summed E-state index contributed by atoms with van der Waals surface area (Å²) in [6, 6.07) is 0. The lowest BCUT2D eigenvalue weighted by atomic mass is 9.88. The number of nitrogens with zero attached hydrogens (tertiary/aromatic N) is 1. The number of rotatable bonds is 4. The molecule has 2 nitrogen and oxygen atoms in total. The first-order valence-corrected chi connectivity index (χ1v) is 5.79. The van der Waals surface area contributed by atoms with Gasteiger partial charge in [0.05, 0.1) is 0 Å². The van der Waals surface area contributed by atoms with Crippen molar-refractivity contribution in [1.29, 1.82) is 0 Å². The molecule has 0 aliphatic carbocycles. The van der Waals surface area contributed by atoms with E-state index in [-0.39, 0.29) is 11.0 Å². The van der Waals surface area contributed by atoms with Gasteiger partial charge in [0.25, 0.3) is 0 Å². The van der Waals surface area contributed by atoms with E-state index in [1.54, 1.807) is 0 Å². The lowest BCUT2D eigenvalue weighted by molar-refractivity contribution is -0.126. The second kappa shape index (κ2) is 5.11. The molecule has 0 atom stereocenters. The van der Waals surface area contributed by atoms with Crippen LogP contribution in [0.5, 0.6) is 0 Å². The van der Waals surface area contributed by atoms with E-state index in [0.29, 0.717) is 12.2 Å². The van der Waals surface area contributed by atoms with Gasteiger partial charge in [-0.25, -0.2) is 0 Å². The predicted molar refractivity (Wildman–Crippen MR) is 66.1 cm³/mol. The van der Waals surface area contributed by atoms with Gasteiger partial charge in [-0.1, -0.05) is 20.8 Å². The summed E-state index contributed by atoms with van der Waals surface area (Å²) in [6.07, 6.45) is 1.66. The number of hydrogen-bond donors (Lipinski definition) is 0. The maximum absolute atomic E-state index is 11.7. The topological polar surface area (TPSA) is 20.3 Å². The van der Waals surface area contributed by atoms with Crippen LogP contribution in [0.2, 0.25) is 0 Å². The van der Waals surface area contributed by atoms with E-state index in [1.165, 1.54) is 0 Å². The van der Waals surface area contributed by atoms with Crippen LogP contribution in [-0.4, -0.2) is 29.8 Å². The average Bonchev–Trinajstić information content (AvgIpc) is 2.00. The molecule has 0 aliphatic rings. The Morgan fingerprint density at radius 3 is 1.87 bits per heavy atom. The van der Waals surface area contributed by atoms with Crippen molar-refractivity contribution in [2.24, 2.45) is 5.41 Å². The molecule has 0 spiro atoms. The summed E-state index contributed by atoms with van der Waals surface area (Å²) in [4.78, 5) is 14.0. The first-order chi connectivity index (χ1) is 6.55. The van der Waals surface area contributed by atoms with E-state index in [2.05, 4.69) is 32.7 Å². The van der Waals surface area contributed by atoms with Crippen LogP contribution in [0.4, 0.5) is 0 Å². The third kappa shape index (κ3) is 5.93. The van der Waals surface area contributed by atoms with E-state index in [0.717, 1.165) is 13.0 Å². The molecule has 0 aromatic heterocycles. The van der Waals surface area contributed by atoms with Crippen LogP contribution in [0.25, 0.3) is 0 Å². The highest BCUT2D eigenvalue weighted by molar-refractivity contribution is 5.83. The fourth-order valence-electron chi connectivity index (χ4n) is 1.19. The monoisotopic (exact) mass is 213 g/mol. The molecule has 2 heteroatoms. The minimum absolute atomic E-state index is 0.180. The standard InChI is InChI=1S/C13H27NO/c1-12(2,3)11(15)9-8-10-14(7)13(4,5)6/h8-10H2,1-7H3. The Balaban J connectivity index is 3.87. The maximum atomic E-state index is 11.7.